The van der Waals surface area contributed by atoms with Gasteiger partial charge in [0.2, 0.25) is 0 Å². The summed E-state index contributed by atoms with van der Waals surface area (Å²) >= 11 is 10.3. The lowest BCUT2D eigenvalue weighted by atomic mass is 10.1. The molecule has 0 aliphatic heterocycles. The first kappa shape index (κ1) is 14.4. The number of benzene rings is 2. The van der Waals surface area contributed by atoms with Crippen molar-refractivity contribution in [3.63, 3.8) is 0 Å². The fourth-order valence-corrected chi connectivity index (χ4v) is 1.84. The molecule has 0 bridgehead atoms. The molecule has 2 aromatic rings. The summed E-state index contributed by atoms with van der Waals surface area (Å²) in [4.78, 5) is 21.4. The van der Waals surface area contributed by atoms with Crippen LogP contribution in [0.2, 0.25) is 0 Å². The Bertz CT molecular complexity index is 598. The Morgan fingerprint density at radius 1 is 0.750 bits per heavy atom. The van der Waals surface area contributed by atoms with E-state index in [1.54, 1.807) is 36.4 Å². The van der Waals surface area contributed by atoms with Crippen LogP contribution in [0.25, 0.3) is 11.1 Å². The van der Waals surface area contributed by atoms with E-state index in [9.17, 15) is 9.59 Å². The molecular weight excluding hydrogens is 303 g/mol. The summed E-state index contributed by atoms with van der Waals surface area (Å²) in [6.45, 7) is 0. The number of halogens is 2. The minimum atomic E-state index is -0.910. The zero-order chi connectivity index (χ0) is 14.5. The van der Waals surface area contributed by atoms with Crippen molar-refractivity contribution in [2.75, 3.05) is 0 Å². The summed E-state index contributed by atoms with van der Waals surface area (Å²) in [6, 6.07) is 13.5. The van der Waals surface area contributed by atoms with E-state index in [0.717, 1.165) is 11.1 Å². The molecule has 0 aliphatic carbocycles. The predicted molar refractivity (Wildman–Crippen MR) is 75.6 cm³/mol. The number of hydrogen-bond donors (Lipinski definition) is 0. The Morgan fingerprint density at radius 3 is 1.50 bits per heavy atom. The third-order valence-corrected chi connectivity index (χ3v) is 2.55. The van der Waals surface area contributed by atoms with Crippen LogP contribution in [-0.4, -0.2) is 10.9 Å². The molecule has 2 aromatic carbocycles. The maximum atomic E-state index is 10.7. The van der Waals surface area contributed by atoms with Crippen LogP contribution >= 0.6 is 23.2 Å². The molecule has 6 heteroatoms. The summed E-state index contributed by atoms with van der Waals surface area (Å²) < 4.78 is 9.58. The van der Waals surface area contributed by atoms with Gasteiger partial charge in [0, 0.05) is 23.2 Å². The lowest BCUT2D eigenvalue weighted by Crippen LogP contribution is -1.97. The fraction of sp³-hybridized carbons (Fsp3) is 0. The van der Waals surface area contributed by atoms with Gasteiger partial charge < -0.3 is 9.47 Å². The van der Waals surface area contributed by atoms with Gasteiger partial charge in [-0.05, 0) is 35.4 Å². The number of carbonyl (C=O) groups excluding carboxylic acids is 2. The Labute approximate surface area is 124 Å². The molecule has 20 heavy (non-hydrogen) atoms. The largest absolute Gasteiger partial charge is 0.414 e. The van der Waals surface area contributed by atoms with Crippen molar-refractivity contribution in [1.82, 2.24) is 0 Å². The molecule has 0 radical (unpaired) electrons. The Hall–Kier alpha value is -2.04. The normalized spacial score (nSPS) is 9.90. The third kappa shape index (κ3) is 3.98. The van der Waals surface area contributed by atoms with Gasteiger partial charge in [0.1, 0.15) is 11.5 Å². The second-order valence-electron chi connectivity index (χ2n) is 3.74. The van der Waals surface area contributed by atoms with Crippen LogP contribution in [0.1, 0.15) is 0 Å². The molecule has 0 heterocycles. The van der Waals surface area contributed by atoms with E-state index in [0.29, 0.717) is 11.5 Å². The lowest BCUT2D eigenvalue weighted by molar-refractivity contribution is 0.224. The van der Waals surface area contributed by atoms with Crippen molar-refractivity contribution in [2.45, 2.75) is 0 Å². The Kier molecular flexibility index (Phi) is 4.61. The van der Waals surface area contributed by atoms with E-state index in [1.807, 2.05) is 12.1 Å². The Morgan fingerprint density at radius 2 is 1.15 bits per heavy atom. The molecule has 0 atom stereocenters. The average molecular weight is 311 g/mol. The average Bonchev–Trinajstić information content (AvgIpc) is 2.38. The molecule has 0 N–H and O–H groups in total. The van der Waals surface area contributed by atoms with Crippen LogP contribution in [-0.2, 0) is 0 Å². The molecule has 0 aliphatic rings. The smallest absolute Gasteiger partial charge is 0.409 e. The van der Waals surface area contributed by atoms with E-state index in [-0.39, 0.29) is 0 Å². The van der Waals surface area contributed by atoms with Crippen LogP contribution in [0.5, 0.6) is 11.5 Å². The Balaban J connectivity index is 2.31. The van der Waals surface area contributed by atoms with Gasteiger partial charge in [0.25, 0.3) is 0 Å². The van der Waals surface area contributed by atoms with Crippen LogP contribution in [0.15, 0.2) is 48.5 Å². The number of rotatable bonds is 3. The van der Waals surface area contributed by atoms with Gasteiger partial charge in [0.15, 0.2) is 0 Å². The van der Waals surface area contributed by atoms with Gasteiger partial charge >= 0.3 is 10.9 Å². The molecule has 4 nitrogen and oxygen atoms in total. The molecule has 0 aromatic heterocycles. The van der Waals surface area contributed by atoms with E-state index in [2.05, 4.69) is 0 Å². The van der Waals surface area contributed by atoms with E-state index >= 15 is 0 Å². The van der Waals surface area contributed by atoms with Crippen molar-refractivity contribution in [1.29, 1.82) is 0 Å². The predicted octanol–water partition coefficient (Wildman–Crippen LogP) is 4.83. The first-order valence-corrected chi connectivity index (χ1v) is 6.25. The zero-order valence-electron chi connectivity index (χ0n) is 10.0. The molecular formula is C14H8Cl2O4. The first-order chi connectivity index (χ1) is 9.54. The van der Waals surface area contributed by atoms with E-state index in [4.69, 9.17) is 32.7 Å². The highest BCUT2D eigenvalue weighted by Gasteiger charge is 2.05. The molecule has 0 amide bonds. The van der Waals surface area contributed by atoms with Crippen LogP contribution in [0, 0.1) is 0 Å². The zero-order valence-corrected chi connectivity index (χ0v) is 11.5. The highest BCUT2D eigenvalue weighted by Crippen LogP contribution is 2.27. The minimum absolute atomic E-state index is 0.322. The summed E-state index contributed by atoms with van der Waals surface area (Å²) in [6.07, 6.45) is 0. The van der Waals surface area contributed by atoms with Crippen molar-refractivity contribution in [2.24, 2.45) is 0 Å². The number of ether oxygens (including phenoxy) is 2. The van der Waals surface area contributed by atoms with Gasteiger partial charge in [-0.3, -0.25) is 0 Å². The summed E-state index contributed by atoms with van der Waals surface area (Å²) in [5, 5.41) is 0. The van der Waals surface area contributed by atoms with Gasteiger partial charge in [0.05, 0.1) is 0 Å². The molecule has 2 rings (SSSR count). The fourth-order valence-electron chi connectivity index (χ4n) is 1.66. The maximum Gasteiger partial charge on any atom is 0.409 e. The lowest BCUT2D eigenvalue weighted by Gasteiger charge is -2.06. The van der Waals surface area contributed by atoms with Gasteiger partial charge in [-0.2, -0.15) is 0 Å². The van der Waals surface area contributed by atoms with Crippen molar-refractivity contribution < 1.29 is 19.1 Å². The number of hydrogen-bond acceptors (Lipinski definition) is 4. The molecule has 0 saturated carbocycles. The second-order valence-corrected chi connectivity index (χ2v) is 4.35. The third-order valence-electron chi connectivity index (χ3n) is 2.40. The van der Waals surface area contributed by atoms with Gasteiger partial charge in [-0.15, -0.1) is 0 Å². The summed E-state index contributed by atoms with van der Waals surface area (Å²) in [5.74, 6) is 0.643. The van der Waals surface area contributed by atoms with Gasteiger partial charge in [-0.1, -0.05) is 24.3 Å². The van der Waals surface area contributed by atoms with Gasteiger partial charge in [-0.25, -0.2) is 9.59 Å². The topological polar surface area (TPSA) is 52.6 Å². The van der Waals surface area contributed by atoms with Crippen LogP contribution in [0.4, 0.5) is 9.59 Å². The molecule has 0 saturated heterocycles. The van der Waals surface area contributed by atoms with E-state index < -0.39 is 10.9 Å². The second kappa shape index (κ2) is 6.41. The highest BCUT2D eigenvalue weighted by molar-refractivity contribution is 6.61. The van der Waals surface area contributed by atoms with Crippen molar-refractivity contribution >= 4 is 34.1 Å². The van der Waals surface area contributed by atoms with Crippen molar-refractivity contribution in [3.05, 3.63) is 48.5 Å². The number of carbonyl (C=O) groups is 2. The summed E-state index contributed by atoms with van der Waals surface area (Å²) in [7, 11) is 0. The highest BCUT2D eigenvalue weighted by atomic mass is 35.5. The van der Waals surface area contributed by atoms with E-state index in [1.165, 1.54) is 0 Å². The first-order valence-electron chi connectivity index (χ1n) is 5.50. The molecule has 102 valence electrons. The molecule has 0 unspecified atom stereocenters. The quantitative estimate of drug-likeness (QED) is 0.762. The minimum Gasteiger partial charge on any atom is -0.414 e. The van der Waals surface area contributed by atoms with Crippen molar-refractivity contribution in [3.8, 4) is 22.6 Å². The SMILES string of the molecule is O=C(Cl)Oc1cccc(-c2cccc(OC(=O)Cl)c2)c1. The standard InChI is InChI=1S/C14H8Cl2O4/c15-13(17)19-11-5-1-3-9(7-11)10-4-2-6-12(8-10)20-14(16)18/h1-8H. The maximum absolute atomic E-state index is 10.7. The van der Waals surface area contributed by atoms with Crippen LogP contribution < -0.4 is 9.47 Å². The summed E-state index contributed by atoms with van der Waals surface area (Å²) in [5.41, 5.74) is -0.278. The molecule has 0 spiro atoms. The van der Waals surface area contributed by atoms with Crippen LogP contribution in [0.3, 0.4) is 0 Å². The monoisotopic (exact) mass is 310 g/mol. The molecule has 0 fully saturated rings.